The van der Waals surface area contributed by atoms with Crippen LogP contribution in [0.2, 0.25) is 0 Å². The molecule has 0 spiro atoms. The summed E-state index contributed by atoms with van der Waals surface area (Å²) < 4.78 is 6.11. The average Bonchev–Trinajstić information content (AvgIpc) is 3.49. The van der Waals surface area contributed by atoms with Gasteiger partial charge in [-0.05, 0) is 71.1 Å². The number of pyridine rings is 2. The zero-order valence-corrected chi connectivity index (χ0v) is 31.8. The fraction of sp³-hybridized carbons (Fsp3) is 0.174. The van der Waals surface area contributed by atoms with Crippen molar-refractivity contribution in [3.63, 3.8) is 0 Å². The Labute approximate surface area is 308 Å². The number of hydrogen-bond acceptors (Lipinski definition) is 3. The van der Waals surface area contributed by atoms with Crippen LogP contribution in [0.5, 0.6) is 0 Å². The molecule has 0 saturated carbocycles. The van der Waals surface area contributed by atoms with Crippen LogP contribution in [0.15, 0.2) is 126 Å². The van der Waals surface area contributed by atoms with Crippen molar-refractivity contribution >= 4 is 32.7 Å². The average molecular weight is 829 g/mol. The summed E-state index contributed by atoms with van der Waals surface area (Å²) in [5.74, 6) is 0. The standard InChI is InChI=1S/C33H28NO.C13H12N.Ir/c1-21-20-34-29(18-24(21)19-33(2,3)4)23-14-12-22(13-15-23)25-9-7-10-27-26(25)16-17-31-32(27)28-8-5-6-11-30(28)35-31;1-10-3-6-12(7-4-10)13-8-5-11(2)9-14-13;/h5-14,16-18,20H,19H2,1-4H3;3-6,8-9H,1-2H3;/q2*-1;. The van der Waals surface area contributed by atoms with Crippen molar-refractivity contribution in [2.45, 2.75) is 48.0 Å². The Kier molecular flexibility index (Phi) is 10.2. The molecule has 0 fully saturated rings. The van der Waals surface area contributed by atoms with Gasteiger partial charge >= 0.3 is 0 Å². The molecule has 0 aliphatic heterocycles. The normalized spacial score (nSPS) is 11.3. The molecular weight excluding hydrogens is 789 g/mol. The molecule has 251 valence electrons. The minimum atomic E-state index is 0. The maximum absolute atomic E-state index is 6.11. The first-order chi connectivity index (χ1) is 23.6. The number of para-hydroxylation sites is 1. The Morgan fingerprint density at radius 1 is 0.620 bits per heavy atom. The van der Waals surface area contributed by atoms with Crippen molar-refractivity contribution in [1.82, 2.24) is 9.97 Å². The Morgan fingerprint density at radius 2 is 1.34 bits per heavy atom. The summed E-state index contributed by atoms with van der Waals surface area (Å²) in [4.78, 5) is 9.05. The third kappa shape index (κ3) is 7.48. The van der Waals surface area contributed by atoms with Crippen molar-refractivity contribution in [3.8, 4) is 33.6 Å². The Balaban J connectivity index is 0.000000242. The van der Waals surface area contributed by atoms with Crippen LogP contribution in [-0.4, -0.2) is 9.97 Å². The predicted octanol–water partition coefficient (Wildman–Crippen LogP) is 12.3. The molecular formula is C46H40IrN2O-2. The van der Waals surface area contributed by atoms with Crippen LogP contribution < -0.4 is 0 Å². The van der Waals surface area contributed by atoms with Crippen molar-refractivity contribution in [2.24, 2.45) is 5.41 Å². The summed E-state index contributed by atoms with van der Waals surface area (Å²) in [6.07, 6.45) is 4.89. The number of aryl methyl sites for hydroxylation is 3. The van der Waals surface area contributed by atoms with Crippen molar-refractivity contribution in [1.29, 1.82) is 0 Å². The predicted molar refractivity (Wildman–Crippen MR) is 205 cm³/mol. The molecule has 1 radical (unpaired) electrons. The van der Waals surface area contributed by atoms with Crippen LogP contribution in [0.4, 0.5) is 0 Å². The van der Waals surface area contributed by atoms with Gasteiger partial charge in [0.1, 0.15) is 11.2 Å². The molecule has 3 aromatic heterocycles. The first-order valence-corrected chi connectivity index (χ1v) is 16.9. The molecule has 0 amide bonds. The quantitative estimate of drug-likeness (QED) is 0.166. The van der Waals surface area contributed by atoms with Gasteiger partial charge in [-0.15, -0.1) is 65.2 Å². The number of nitrogens with zero attached hydrogens (tertiary/aromatic N) is 2. The summed E-state index contributed by atoms with van der Waals surface area (Å²) in [5.41, 5.74) is 13.5. The number of hydrogen-bond donors (Lipinski definition) is 0. The number of furan rings is 1. The SMILES string of the molecule is Cc1c[c-]c(-c2ccc(C)cn2)cc1.Cc1cnc(-c2[c-]cc(-c3cccc4c3ccc3oc5ccccc5c34)cc2)cc1CC(C)(C)C.[Ir]. The number of aromatic nitrogens is 2. The molecule has 4 heteroatoms. The Hall–Kier alpha value is -4.89. The van der Waals surface area contributed by atoms with Crippen LogP contribution in [0.3, 0.4) is 0 Å². The Morgan fingerprint density at radius 3 is 2.06 bits per heavy atom. The van der Waals surface area contributed by atoms with Gasteiger partial charge in [0.25, 0.3) is 0 Å². The molecule has 0 unspecified atom stereocenters. The molecule has 8 aromatic rings. The van der Waals surface area contributed by atoms with E-state index < -0.39 is 0 Å². The zero-order valence-electron chi connectivity index (χ0n) is 29.4. The second-order valence-electron chi connectivity index (χ2n) is 14.2. The first-order valence-electron chi connectivity index (χ1n) is 16.9. The minimum absolute atomic E-state index is 0. The van der Waals surface area contributed by atoms with Gasteiger partial charge in [-0.25, -0.2) is 0 Å². The first kappa shape index (κ1) is 35.0. The topological polar surface area (TPSA) is 38.9 Å². The van der Waals surface area contributed by atoms with Gasteiger partial charge in [-0.2, -0.15) is 0 Å². The molecule has 0 atom stereocenters. The van der Waals surface area contributed by atoms with Gasteiger partial charge in [-0.3, -0.25) is 0 Å². The summed E-state index contributed by atoms with van der Waals surface area (Å²) in [7, 11) is 0. The maximum Gasteiger partial charge on any atom is 0.136 e. The molecule has 3 heterocycles. The smallest absolute Gasteiger partial charge is 0.136 e. The van der Waals surface area contributed by atoms with Gasteiger partial charge in [0.2, 0.25) is 0 Å². The molecule has 0 bridgehead atoms. The van der Waals surface area contributed by atoms with E-state index in [1.807, 2.05) is 49.6 Å². The minimum Gasteiger partial charge on any atom is -0.456 e. The second kappa shape index (κ2) is 14.5. The largest absolute Gasteiger partial charge is 0.456 e. The van der Waals surface area contributed by atoms with Crippen molar-refractivity contribution in [3.05, 3.63) is 156 Å². The van der Waals surface area contributed by atoms with E-state index in [4.69, 9.17) is 9.40 Å². The van der Waals surface area contributed by atoms with Crippen LogP contribution in [0.25, 0.3) is 66.4 Å². The van der Waals surface area contributed by atoms with Gasteiger partial charge in [-0.1, -0.05) is 105 Å². The van der Waals surface area contributed by atoms with Crippen LogP contribution in [0.1, 0.15) is 43.0 Å². The molecule has 0 aliphatic rings. The van der Waals surface area contributed by atoms with Gasteiger partial charge < -0.3 is 14.4 Å². The fourth-order valence-electron chi connectivity index (χ4n) is 6.35. The van der Waals surface area contributed by atoms with Gasteiger partial charge in [0.05, 0.1) is 0 Å². The number of rotatable bonds is 4. The van der Waals surface area contributed by atoms with E-state index in [0.717, 1.165) is 51.1 Å². The monoisotopic (exact) mass is 829 g/mol. The Bertz CT molecular complexity index is 2360. The van der Waals surface area contributed by atoms with Crippen LogP contribution in [-0.2, 0) is 26.5 Å². The maximum atomic E-state index is 6.11. The second-order valence-corrected chi connectivity index (χ2v) is 14.2. The van der Waals surface area contributed by atoms with E-state index in [1.165, 1.54) is 44.0 Å². The van der Waals surface area contributed by atoms with E-state index in [1.54, 1.807) is 0 Å². The van der Waals surface area contributed by atoms with E-state index >= 15 is 0 Å². The molecule has 3 nitrogen and oxygen atoms in total. The van der Waals surface area contributed by atoms with Gasteiger partial charge in [0, 0.05) is 43.3 Å². The number of benzene rings is 5. The van der Waals surface area contributed by atoms with E-state index in [-0.39, 0.29) is 25.5 Å². The third-order valence-electron chi connectivity index (χ3n) is 8.89. The third-order valence-corrected chi connectivity index (χ3v) is 8.89. The van der Waals surface area contributed by atoms with Crippen LogP contribution in [0, 0.1) is 38.3 Å². The molecule has 0 aliphatic carbocycles. The molecule has 0 saturated heterocycles. The fourth-order valence-corrected chi connectivity index (χ4v) is 6.35. The van der Waals surface area contributed by atoms with E-state index in [0.29, 0.717) is 0 Å². The summed E-state index contributed by atoms with van der Waals surface area (Å²) >= 11 is 0. The zero-order chi connectivity index (χ0) is 34.1. The van der Waals surface area contributed by atoms with Gasteiger partial charge in [0.15, 0.2) is 0 Å². The molecule has 8 rings (SSSR count). The van der Waals surface area contributed by atoms with E-state index in [9.17, 15) is 0 Å². The molecule has 5 aromatic carbocycles. The summed E-state index contributed by atoms with van der Waals surface area (Å²) in [6, 6.07) is 44.6. The summed E-state index contributed by atoms with van der Waals surface area (Å²) in [5, 5.41) is 4.76. The molecule has 0 N–H and O–H groups in total. The van der Waals surface area contributed by atoms with Crippen molar-refractivity contribution in [2.75, 3.05) is 0 Å². The number of fused-ring (bicyclic) bond motifs is 5. The summed E-state index contributed by atoms with van der Waals surface area (Å²) in [6.45, 7) is 13.1. The van der Waals surface area contributed by atoms with Crippen molar-refractivity contribution < 1.29 is 24.5 Å². The van der Waals surface area contributed by atoms with Crippen LogP contribution >= 0.6 is 0 Å². The molecule has 50 heavy (non-hydrogen) atoms. The van der Waals surface area contributed by atoms with E-state index in [2.05, 4.69) is 131 Å².